The maximum absolute atomic E-state index is 12.2. The lowest BCUT2D eigenvalue weighted by atomic mass is 10.2. The molecule has 0 saturated carbocycles. The zero-order chi connectivity index (χ0) is 16.5. The molecule has 5 nitrogen and oxygen atoms in total. The normalized spacial score (nSPS) is 18.0. The Hall–Kier alpha value is -1.59. The molecule has 0 spiro atoms. The molecule has 1 aliphatic heterocycles. The quantitative estimate of drug-likeness (QED) is 0.690. The number of unbranched alkanes of at least 4 members (excludes halogenated alkanes) is 1. The highest BCUT2D eigenvalue weighted by molar-refractivity contribution is 5.76. The third kappa shape index (κ3) is 6.20. The Morgan fingerprint density at radius 3 is 3.04 bits per heavy atom. The largest absolute Gasteiger partial charge is 0.494 e. The SMILES string of the molecule is COC[C@H]1CN(C(=O)CCCCOc2cccc(C)c2)CCO1. The Kier molecular flexibility index (Phi) is 7.36. The van der Waals surface area contributed by atoms with Crippen LogP contribution in [0.15, 0.2) is 24.3 Å². The molecule has 0 aliphatic carbocycles. The number of methoxy groups -OCH3 is 1. The van der Waals surface area contributed by atoms with Gasteiger partial charge in [0.25, 0.3) is 0 Å². The third-order valence-corrected chi connectivity index (χ3v) is 3.89. The van der Waals surface area contributed by atoms with Crippen LogP contribution in [-0.2, 0) is 14.3 Å². The van der Waals surface area contributed by atoms with Gasteiger partial charge in [-0.1, -0.05) is 12.1 Å². The Morgan fingerprint density at radius 2 is 2.26 bits per heavy atom. The van der Waals surface area contributed by atoms with E-state index in [-0.39, 0.29) is 12.0 Å². The van der Waals surface area contributed by atoms with E-state index >= 15 is 0 Å². The number of ether oxygens (including phenoxy) is 3. The number of amides is 1. The Balaban J connectivity index is 1.61. The molecular weight excluding hydrogens is 294 g/mol. The molecule has 1 aromatic carbocycles. The molecular formula is C18H27NO4. The van der Waals surface area contributed by atoms with Crippen molar-refractivity contribution in [3.63, 3.8) is 0 Å². The Labute approximate surface area is 138 Å². The van der Waals surface area contributed by atoms with Crippen LogP contribution in [0.1, 0.15) is 24.8 Å². The minimum Gasteiger partial charge on any atom is -0.494 e. The van der Waals surface area contributed by atoms with Gasteiger partial charge in [0.05, 0.1) is 25.9 Å². The summed E-state index contributed by atoms with van der Waals surface area (Å²) in [6.07, 6.45) is 2.29. The van der Waals surface area contributed by atoms with Crippen LogP contribution in [0.4, 0.5) is 0 Å². The fourth-order valence-electron chi connectivity index (χ4n) is 2.66. The van der Waals surface area contributed by atoms with Crippen LogP contribution in [-0.4, -0.2) is 56.9 Å². The number of rotatable bonds is 8. The molecule has 0 N–H and O–H groups in total. The maximum atomic E-state index is 12.2. The minimum atomic E-state index is 0.00218. The second kappa shape index (κ2) is 9.53. The van der Waals surface area contributed by atoms with Crippen LogP contribution in [0, 0.1) is 6.92 Å². The van der Waals surface area contributed by atoms with Gasteiger partial charge in [-0.25, -0.2) is 0 Å². The number of morpholine rings is 1. The molecule has 0 radical (unpaired) electrons. The molecule has 23 heavy (non-hydrogen) atoms. The summed E-state index contributed by atoms with van der Waals surface area (Å²) < 4.78 is 16.4. The van der Waals surface area contributed by atoms with Gasteiger partial charge in [0.2, 0.25) is 5.91 Å². The number of carbonyl (C=O) groups excluding carboxylic acids is 1. The maximum Gasteiger partial charge on any atom is 0.222 e. The summed E-state index contributed by atoms with van der Waals surface area (Å²) in [5, 5.41) is 0. The number of aryl methyl sites for hydroxylation is 1. The van der Waals surface area contributed by atoms with Crippen LogP contribution < -0.4 is 4.74 Å². The molecule has 1 aromatic rings. The summed E-state index contributed by atoms with van der Waals surface area (Å²) in [7, 11) is 1.65. The van der Waals surface area contributed by atoms with E-state index in [1.165, 1.54) is 5.56 Å². The zero-order valence-electron chi connectivity index (χ0n) is 14.1. The van der Waals surface area contributed by atoms with E-state index in [1.54, 1.807) is 7.11 Å². The van der Waals surface area contributed by atoms with Gasteiger partial charge in [0, 0.05) is 26.6 Å². The molecule has 1 heterocycles. The first kappa shape index (κ1) is 17.8. The summed E-state index contributed by atoms with van der Waals surface area (Å²) >= 11 is 0. The molecule has 5 heteroatoms. The van der Waals surface area contributed by atoms with Gasteiger partial charge in [-0.3, -0.25) is 4.79 Å². The van der Waals surface area contributed by atoms with E-state index in [1.807, 2.05) is 36.1 Å². The van der Waals surface area contributed by atoms with Crippen LogP contribution in [0.5, 0.6) is 5.75 Å². The van der Waals surface area contributed by atoms with Crippen molar-refractivity contribution in [3.05, 3.63) is 29.8 Å². The van der Waals surface area contributed by atoms with Crippen molar-refractivity contribution in [2.75, 3.05) is 40.0 Å². The molecule has 1 fully saturated rings. The molecule has 0 bridgehead atoms. The van der Waals surface area contributed by atoms with Gasteiger partial charge in [0.1, 0.15) is 5.75 Å². The first-order chi connectivity index (χ1) is 11.2. The highest BCUT2D eigenvalue weighted by Crippen LogP contribution is 2.13. The lowest BCUT2D eigenvalue weighted by molar-refractivity contribution is -0.140. The van der Waals surface area contributed by atoms with Crippen molar-refractivity contribution in [1.29, 1.82) is 0 Å². The smallest absolute Gasteiger partial charge is 0.222 e. The van der Waals surface area contributed by atoms with Crippen molar-refractivity contribution in [2.24, 2.45) is 0 Å². The van der Waals surface area contributed by atoms with Gasteiger partial charge in [-0.05, 0) is 37.5 Å². The van der Waals surface area contributed by atoms with E-state index in [0.29, 0.717) is 39.3 Å². The van der Waals surface area contributed by atoms with Crippen molar-refractivity contribution < 1.29 is 19.0 Å². The second-order valence-electron chi connectivity index (χ2n) is 5.91. The number of benzene rings is 1. The number of hydrogen-bond donors (Lipinski definition) is 0. The molecule has 0 unspecified atom stereocenters. The van der Waals surface area contributed by atoms with Crippen LogP contribution in [0.3, 0.4) is 0 Å². The van der Waals surface area contributed by atoms with Gasteiger partial charge in [0.15, 0.2) is 0 Å². The molecule has 1 saturated heterocycles. The second-order valence-corrected chi connectivity index (χ2v) is 5.91. The summed E-state index contributed by atoms with van der Waals surface area (Å²) in [4.78, 5) is 14.1. The molecule has 1 aliphatic rings. The Bertz CT molecular complexity index is 490. The topological polar surface area (TPSA) is 48.0 Å². The highest BCUT2D eigenvalue weighted by Gasteiger charge is 2.23. The molecule has 1 atom stereocenters. The van der Waals surface area contributed by atoms with Gasteiger partial charge >= 0.3 is 0 Å². The van der Waals surface area contributed by atoms with Gasteiger partial charge < -0.3 is 19.1 Å². The summed E-state index contributed by atoms with van der Waals surface area (Å²) in [5.74, 6) is 1.09. The lowest BCUT2D eigenvalue weighted by Gasteiger charge is -2.32. The van der Waals surface area contributed by atoms with Gasteiger partial charge in [-0.2, -0.15) is 0 Å². The predicted molar refractivity (Wildman–Crippen MR) is 88.7 cm³/mol. The van der Waals surface area contributed by atoms with E-state index in [4.69, 9.17) is 14.2 Å². The standard InChI is InChI=1S/C18H27NO4/c1-15-6-5-7-16(12-15)22-10-4-3-8-18(20)19-9-11-23-17(13-19)14-21-2/h5-7,12,17H,3-4,8-11,13-14H2,1-2H3/t17-/m1/s1. The van der Waals surface area contributed by atoms with E-state index < -0.39 is 0 Å². The average Bonchev–Trinajstić information content (AvgIpc) is 2.55. The number of nitrogens with zero attached hydrogens (tertiary/aromatic N) is 1. The Morgan fingerprint density at radius 1 is 1.39 bits per heavy atom. The monoisotopic (exact) mass is 321 g/mol. The average molecular weight is 321 g/mol. The fraction of sp³-hybridized carbons (Fsp3) is 0.611. The van der Waals surface area contributed by atoms with Crippen LogP contribution in [0.25, 0.3) is 0 Å². The van der Waals surface area contributed by atoms with E-state index in [2.05, 4.69) is 0 Å². The first-order valence-electron chi connectivity index (χ1n) is 8.27. The van der Waals surface area contributed by atoms with E-state index in [0.717, 1.165) is 18.6 Å². The first-order valence-corrected chi connectivity index (χ1v) is 8.27. The minimum absolute atomic E-state index is 0.00218. The molecule has 0 aromatic heterocycles. The molecule has 128 valence electrons. The zero-order valence-corrected chi connectivity index (χ0v) is 14.1. The van der Waals surface area contributed by atoms with Crippen molar-refractivity contribution in [1.82, 2.24) is 4.90 Å². The fourth-order valence-corrected chi connectivity index (χ4v) is 2.66. The molecule has 1 amide bonds. The third-order valence-electron chi connectivity index (χ3n) is 3.89. The summed E-state index contributed by atoms with van der Waals surface area (Å²) in [6, 6.07) is 8.02. The van der Waals surface area contributed by atoms with Gasteiger partial charge in [-0.15, -0.1) is 0 Å². The van der Waals surface area contributed by atoms with Crippen molar-refractivity contribution >= 4 is 5.91 Å². The highest BCUT2D eigenvalue weighted by atomic mass is 16.5. The summed E-state index contributed by atoms with van der Waals surface area (Å²) in [6.45, 7) is 5.13. The van der Waals surface area contributed by atoms with E-state index in [9.17, 15) is 4.79 Å². The lowest BCUT2D eigenvalue weighted by Crippen LogP contribution is -2.47. The van der Waals surface area contributed by atoms with Crippen LogP contribution in [0.2, 0.25) is 0 Å². The van der Waals surface area contributed by atoms with Crippen LogP contribution >= 0.6 is 0 Å². The predicted octanol–water partition coefficient (Wildman–Crippen LogP) is 2.42. The van der Waals surface area contributed by atoms with Crippen molar-refractivity contribution in [3.8, 4) is 5.75 Å². The van der Waals surface area contributed by atoms with Crippen molar-refractivity contribution in [2.45, 2.75) is 32.3 Å². The number of hydrogen-bond acceptors (Lipinski definition) is 4. The number of carbonyl (C=O) groups is 1. The summed E-state index contributed by atoms with van der Waals surface area (Å²) in [5.41, 5.74) is 1.19. The molecule has 2 rings (SSSR count).